The van der Waals surface area contributed by atoms with E-state index in [4.69, 9.17) is 4.74 Å². The number of rotatable bonds is 13. The molecule has 154 valence electrons. The molecule has 0 saturated heterocycles. The van der Waals surface area contributed by atoms with Gasteiger partial charge in [-0.3, -0.25) is 0 Å². The molecule has 0 aromatic heterocycles. The standard InChI is InChI=1S/C18H32N4O3S2/c1-4-19-18(20-10-5-6-13-26-3)21-15-16-8-7-9-17(14-16)27(23,24)22-11-12-25-2/h7-9,14,22H,4-6,10-13,15H2,1-3H3,(H2,19,20,21). The zero-order valence-corrected chi connectivity index (χ0v) is 18.1. The van der Waals surface area contributed by atoms with Crippen LogP contribution in [0.2, 0.25) is 0 Å². The number of nitrogens with zero attached hydrogens (tertiary/aromatic N) is 1. The maximum absolute atomic E-state index is 12.3. The summed E-state index contributed by atoms with van der Waals surface area (Å²) in [6.07, 6.45) is 4.37. The Morgan fingerprint density at radius 1 is 1.22 bits per heavy atom. The number of thioether (sulfide) groups is 1. The number of hydrogen-bond acceptors (Lipinski definition) is 5. The first kappa shape index (κ1) is 23.7. The van der Waals surface area contributed by atoms with Crippen molar-refractivity contribution in [3.63, 3.8) is 0 Å². The molecule has 1 aromatic rings. The summed E-state index contributed by atoms with van der Waals surface area (Å²) >= 11 is 1.85. The second-order valence-electron chi connectivity index (χ2n) is 5.86. The van der Waals surface area contributed by atoms with E-state index >= 15 is 0 Å². The summed E-state index contributed by atoms with van der Waals surface area (Å²) in [5.74, 6) is 1.91. The molecule has 3 N–H and O–H groups in total. The Bertz CT molecular complexity index is 666. The highest BCUT2D eigenvalue weighted by Gasteiger charge is 2.13. The number of nitrogens with one attached hydrogen (secondary N) is 3. The minimum Gasteiger partial charge on any atom is -0.383 e. The van der Waals surface area contributed by atoms with Gasteiger partial charge in [0, 0.05) is 26.7 Å². The number of ether oxygens (including phenoxy) is 1. The zero-order chi connectivity index (χ0) is 20.0. The third-order valence-electron chi connectivity index (χ3n) is 3.64. The van der Waals surface area contributed by atoms with Crippen LogP contribution in [0.1, 0.15) is 25.3 Å². The van der Waals surface area contributed by atoms with Crippen molar-refractivity contribution in [2.24, 2.45) is 4.99 Å². The first-order valence-corrected chi connectivity index (χ1v) is 12.0. The molecule has 0 radical (unpaired) electrons. The summed E-state index contributed by atoms with van der Waals surface area (Å²) in [5.41, 5.74) is 0.837. The van der Waals surface area contributed by atoms with Gasteiger partial charge in [-0.2, -0.15) is 11.8 Å². The Morgan fingerprint density at radius 2 is 2.04 bits per heavy atom. The van der Waals surface area contributed by atoms with E-state index in [9.17, 15) is 8.42 Å². The largest absolute Gasteiger partial charge is 0.383 e. The van der Waals surface area contributed by atoms with Gasteiger partial charge in [-0.05, 0) is 49.5 Å². The minimum atomic E-state index is -3.54. The van der Waals surface area contributed by atoms with Crippen LogP contribution >= 0.6 is 11.8 Å². The van der Waals surface area contributed by atoms with Crippen molar-refractivity contribution in [1.29, 1.82) is 0 Å². The van der Waals surface area contributed by atoms with E-state index in [1.54, 1.807) is 18.2 Å². The maximum Gasteiger partial charge on any atom is 0.240 e. The Hall–Kier alpha value is -1.29. The molecule has 9 heteroatoms. The lowest BCUT2D eigenvalue weighted by molar-refractivity contribution is 0.204. The van der Waals surface area contributed by atoms with Crippen LogP contribution in [0.15, 0.2) is 34.2 Å². The fourth-order valence-corrected chi connectivity index (χ4v) is 3.84. The van der Waals surface area contributed by atoms with Crippen molar-refractivity contribution in [2.75, 3.05) is 45.4 Å². The molecule has 0 aliphatic rings. The maximum atomic E-state index is 12.3. The van der Waals surface area contributed by atoms with Crippen LogP contribution in [-0.2, 0) is 21.3 Å². The third-order valence-corrected chi connectivity index (χ3v) is 5.79. The Morgan fingerprint density at radius 3 is 2.74 bits per heavy atom. The molecule has 1 rings (SSSR count). The van der Waals surface area contributed by atoms with Crippen LogP contribution in [-0.4, -0.2) is 59.7 Å². The Kier molecular flexibility index (Phi) is 12.2. The van der Waals surface area contributed by atoms with E-state index < -0.39 is 10.0 Å². The van der Waals surface area contributed by atoms with Gasteiger partial charge in [0.1, 0.15) is 0 Å². The summed E-state index contributed by atoms with van der Waals surface area (Å²) < 4.78 is 32.0. The van der Waals surface area contributed by atoms with Crippen molar-refractivity contribution >= 4 is 27.7 Å². The lowest BCUT2D eigenvalue weighted by atomic mass is 10.2. The Balaban J connectivity index is 2.68. The van der Waals surface area contributed by atoms with Gasteiger partial charge in [0.05, 0.1) is 18.0 Å². The molecule has 0 amide bonds. The van der Waals surface area contributed by atoms with Gasteiger partial charge in [-0.1, -0.05) is 12.1 Å². The van der Waals surface area contributed by atoms with E-state index in [0.717, 1.165) is 36.8 Å². The Labute approximate surface area is 167 Å². The number of aliphatic imine (C=N–C) groups is 1. The average molecular weight is 417 g/mol. The van der Waals surface area contributed by atoms with Crippen molar-refractivity contribution < 1.29 is 13.2 Å². The highest BCUT2D eigenvalue weighted by molar-refractivity contribution is 7.98. The van der Waals surface area contributed by atoms with Gasteiger partial charge in [0.25, 0.3) is 0 Å². The summed E-state index contributed by atoms with van der Waals surface area (Å²) in [6, 6.07) is 6.84. The lowest BCUT2D eigenvalue weighted by Crippen LogP contribution is -2.37. The number of methoxy groups -OCH3 is 1. The molecule has 0 spiro atoms. The quantitative estimate of drug-likeness (QED) is 0.258. The van der Waals surface area contributed by atoms with Crippen LogP contribution in [0, 0.1) is 0 Å². The first-order chi connectivity index (χ1) is 13.0. The van der Waals surface area contributed by atoms with Crippen LogP contribution < -0.4 is 15.4 Å². The molecular formula is C18H32N4O3S2. The SMILES string of the molecule is CCNC(=NCc1cccc(S(=O)(=O)NCCOC)c1)NCCCCSC. The predicted molar refractivity (Wildman–Crippen MR) is 114 cm³/mol. The lowest BCUT2D eigenvalue weighted by Gasteiger charge is -2.11. The van der Waals surface area contributed by atoms with Gasteiger partial charge < -0.3 is 15.4 Å². The molecule has 7 nitrogen and oxygen atoms in total. The topological polar surface area (TPSA) is 91.8 Å². The second-order valence-corrected chi connectivity index (χ2v) is 8.61. The molecule has 0 saturated carbocycles. The van der Waals surface area contributed by atoms with E-state index in [-0.39, 0.29) is 11.4 Å². The highest BCUT2D eigenvalue weighted by atomic mass is 32.2. The number of hydrogen-bond donors (Lipinski definition) is 3. The molecule has 27 heavy (non-hydrogen) atoms. The van der Waals surface area contributed by atoms with E-state index in [1.807, 2.05) is 24.8 Å². The van der Waals surface area contributed by atoms with Crippen molar-refractivity contribution in [1.82, 2.24) is 15.4 Å². The minimum absolute atomic E-state index is 0.237. The molecule has 0 aliphatic carbocycles. The van der Waals surface area contributed by atoms with Gasteiger partial charge >= 0.3 is 0 Å². The summed E-state index contributed by atoms with van der Waals surface area (Å²) in [5, 5.41) is 6.53. The van der Waals surface area contributed by atoms with Gasteiger partial charge in [-0.25, -0.2) is 18.1 Å². The van der Waals surface area contributed by atoms with Gasteiger partial charge in [0.2, 0.25) is 10.0 Å². The van der Waals surface area contributed by atoms with Crippen LogP contribution in [0.5, 0.6) is 0 Å². The first-order valence-electron chi connectivity index (χ1n) is 9.12. The summed E-state index contributed by atoms with van der Waals surface area (Å²) in [7, 11) is -2.01. The smallest absolute Gasteiger partial charge is 0.240 e. The van der Waals surface area contributed by atoms with Crippen LogP contribution in [0.3, 0.4) is 0 Å². The van der Waals surface area contributed by atoms with Gasteiger partial charge in [0.15, 0.2) is 5.96 Å². The molecule has 0 atom stereocenters. The van der Waals surface area contributed by atoms with Crippen LogP contribution in [0.25, 0.3) is 0 Å². The second kappa shape index (κ2) is 13.8. The van der Waals surface area contributed by atoms with Gasteiger partial charge in [-0.15, -0.1) is 0 Å². The van der Waals surface area contributed by atoms with E-state index in [1.165, 1.54) is 13.5 Å². The van der Waals surface area contributed by atoms with E-state index in [2.05, 4.69) is 26.6 Å². The van der Waals surface area contributed by atoms with E-state index in [0.29, 0.717) is 13.2 Å². The fraction of sp³-hybridized carbons (Fsp3) is 0.611. The molecule has 0 heterocycles. The highest BCUT2D eigenvalue weighted by Crippen LogP contribution is 2.12. The normalized spacial score (nSPS) is 12.2. The molecule has 0 bridgehead atoms. The molecule has 1 aromatic carbocycles. The average Bonchev–Trinajstić information content (AvgIpc) is 2.66. The number of sulfonamides is 1. The van der Waals surface area contributed by atoms with Crippen molar-refractivity contribution in [3.05, 3.63) is 29.8 Å². The monoisotopic (exact) mass is 416 g/mol. The zero-order valence-electron chi connectivity index (χ0n) is 16.5. The molecule has 0 aliphatic heterocycles. The predicted octanol–water partition coefficient (Wildman–Crippen LogP) is 1.81. The number of unbranched alkanes of at least 4 members (excludes halogenated alkanes) is 1. The van der Waals surface area contributed by atoms with Crippen molar-refractivity contribution in [2.45, 2.75) is 31.2 Å². The van der Waals surface area contributed by atoms with Crippen LogP contribution in [0.4, 0.5) is 0 Å². The number of benzene rings is 1. The summed E-state index contributed by atoms with van der Waals surface area (Å²) in [6.45, 7) is 4.63. The summed E-state index contributed by atoms with van der Waals surface area (Å²) in [4.78, 5) is 4.79. The number of guanidine groups is 1. The molecule has 0 unspecified atom stereocenters. The fourth-order valence-electron chi connectivity index (χ4n) is 2.26. The van der Waals surface area contributed by atoms with Crippen molar-refractivity contribution in [3.8, 4) is 0 Å². The third kappa shape index (κ3) is 9.99. The molecular weight excluding hydrogens is 384 g/mol. The molecule has 0 fully saturated rings.